The third kappa shape index (κ3) is 4.50. The Morgan fingerprint density at radius 1 is 1.15 bits per heavy atom. The number of hydrogen-bond acceptors (Lipinski definition) is 5. The van der Waals surface area contributed by atoms with Crippen LogP contribution in [0.4, 0.5) is 5.00 Å². The highest BCUT2D eigenvalue weighted by Gasteiger charge is 2.29. The Morgan fingerprint density at radius 2 is 1.89 bits per heavy atom. The standard InChI is InChI=1S/C21H25NO4S/c1-3-16(26-14-10-6-5-7-11-14)19(23)22-20-18(21(24)25-4-2)15-12-8-9-13-17(15)27-20/h5-7,10-11,16H,3-4,8-9,12-13H2,1-2H3,(H,22,23). The van der Waals surface area contributed by atoms with Gasteiger partial charge >= 0.3 is 5.97 Å². The average Bonchev–Trinajstić information content (AvgIpc) is 3.04. The van der Waals surface area contributed by atoms with Crippen LogP contribution in [0.3, 0.4) is 0 Å². The number of ether oxygens (including phenoxy) is 2. The second-order valence-corrected chi connectivity index (χ2v) is 7.56. The van der Waals surface area contributed by atoms with Gasteiger partial charge < -0.3 is 14.8 Å². The molecule has 144 valence electrons. The molecule has 0 aliphatic heterocycles. The first kappa shape index (κ1) is 19.4. The number of benzene rings is 1. The van der Waals surface area contributed by atoms with Crippen LogP contribution >= 0.6 is 11.3 Å². The van der Waals surface area contributed by atoms with E-state index in [4.69, 9.17) is 9.47 Å². The number of fused-ring (bicyclic) bond motifs is 1. The normalized spacial score (nSPS) is 14.1. The maximum Gasteiger partial charge on any atom is 0.341 e. The summed E-state index contributed by atoms with van der Waals surface area (Å²) in [5, 5.41) is 3.52. The molecule has 0 fully saturated rings. The number of para-hydroxylation sites is 1. The number of anilines is 1. The van der Waals surface area contributed by atoms with Crippen molar-refractivity contribution >= 4 is 28.2 Å². The Bertz CT molecular complexity index is 800. The molecule has 1 unspecified atom stereocenters. The minimum absolute atomic E-state index is 0.245. The molecule has 5 nitrogen and oxygen atoms in total. The molecule has 0 saturated carbocycles. The Hall–Kier alpha value is -2.34. The molecule has 0 bridgehead atoms. The highest BCUT2D eigenvalue weighted by atomic mass is 32.1. The lowest BCUT2D eigenvalue weighted by Crippen LogP contribution is -2.32. The van der Waals surface area contributed by atoms with Gasteiger partial charge in [-0.3, -0.25) is 4.79 Å². The summed E-state index contributed by atoms with van der Waals surface area (Å²) in [5.74, 6) is 0.0466. The third-order valence-corrected chi connectivity index (χ3v) is 5.78. The SMILES string of the molecule is CCOC(=O)c1c(NC(=O)C(CC)Oc2ccccc2)sc2c1CCCC2. The molecule has 1 aromatic carbocycles. The number of amides is 1. The summed E-state index contributed by atoms with van der Waals surface area (Å²) >= 11 is 1.49. The van der Waals surface area contributed by atoms with E-state index in [-0.39, 0.29) is 11.9 Å². The van der Waals surface area contributed by atoms with Gasteiger partial charge in [-0.1, -0.05) is 25.1 Å². The Morgan fingerprint density at radius 3 is 2.59 bits per heavy atom. The minimum atomic E-state index is -0.624. The van der Waals surface area contributed by atoms with E-state index in [2.05, 4.69) is 5.32 Å². The van der Waals surface area contributed by atoms with Gasteiger partial charge in [-0.25, -0.2) is 4.79 Å². The molecule has 1 aliphatic rings. The first-order valence-electron chi connectivity index (χ1n) is 9.48. The lowest BCUT2D eigenvalue weighted by Gasteiger charge is -2.17. The molecule has 0 spiro atoms. The lowest BCUT2D eigenvalue weighted by atomic mass is 9.95. The summed E-state index contributed by atoms with van der Waals surface area (Å²) in [7, 11) is 0. The molecule has 3 rings (SSSR count). The summed E-state index contributed by atoms with van der Waals surface area (Å²) in [6.07, 6.45) is 3.87. The largest absolute Gasteiger partial charge is 0.481 e. The number of carbonyl (C=O) groups is 2. The van der Waals surface area contributed by atoms with Gasteiger partial charge in [0.25, 0.3) is 5.91 Å². The number of carbonyl (C=O) groups excluding carboxylic acids is 2. The predicted octanol–water partition coefficient (Wildman–Crippen LogP) is 4.60. The summed E-state index contributed by atoms with van der Waals surface area (Å²) in [6.45, 7) is 4.00. The second-order valence-electron chi connectivity index (χ2n) is 6.45. The van der Waals surface area contributed by atoms with Crippen molar-refractivity contribution < 1.29 is 19.1 Å². The Labute approximate surface area is 163 Å². The molecule has 1 N–H and O–H groups in total. The summed E-state index contributed by atoms with van der Waals surface area (Å²) in [5.41, 5.74) is 1.57. The van der Waals surface area contributed by atoms with Crippen molar-refractivity contribution in [3.8, 4) is 5.75 Å². The third-order valence-electron chi connectivity index (χ3n) is 4.57. The molecule has 6 heteroatoms. The first-order chi connectivity index (χ1) is 13.1. The van der Waals surface area contributed by atoms with Crippen molar-refractivity contribution in [2.45, 2.75) is 52.1 Å². The van der Waals surface area contributed by atoms with Crippen LogP contribution in [-0.2, 0) is 22.4 Å². The van der Waals surface area contributed by atoms with Crippen molar-refractivity contribution in [2.24, 2.45) is 0 Å². The van der Waals surface area contributed by atoms with Gasteiger partial charge in [0.15, 0.2) is 6.10 Å². The number of esters is 1. The van der Waals surface area contributed by atoms with E-state index in [1.54, 1.807) is 6.92 Å². The summed E-state index contributed by atoms with van der Waals surface area (Å²) in [4.78, 5) is 26.5. The molecule has 1 aliphatic carbocycles. The van der Waals surface area contributed by atoms with E-state index >= 15 is 0 Å². The lowest BCUT2D eigenvalue weighted by molar-refractivity contribution is -0.122. The fourth-order valence-electron chi connectivity index (χ4n) is 3.25. The number of nitrogens with one attached hydrogen (secondary N) is 1. The fraction of sp³-hybridized carbons (Fsp3) is 0.429. The molecule has 0 saturated heterocycles. The van der Waals surface area contributed by atoms with E-state index in [1.165, 1.54) is 16.2 Å². The molecule has 0 radical (unpaired) electrons. The number of rotatable bonds is 7. The van der Waals surface area contributed by atoms with Gasteiger partial charge in [-0.2, -0.15) is 0 Å². The van der Waals surface area contributed by atoms with Crippen LogP contribution < -0.4 is 10.1 Å². The topological polar surface area (TPSA) is 64.6 Å². The van der Waals surface area contributed by atoms with Gasteiger partial charge in [0, 0.05) is 4.88 Å². The molecule has 27 heavy (non-hydrogen) atoms. The van der Waals surface area contributed by atoms with E-state index in [0.29, 0.717) is 29.3 Å². The van der Waals surface area contributed by atoms with E-state index in [1.807, 2.05) is 37.3 Å². The zero-order valence-electron chi connectivity index (χ0n) is 15.7. The van der Waals surface area contributed by atoms with E-state index in [0.717, 1.165) is 31.2 Å². The quantitative estimate of drug-likeness (QED) is 0.705. The zero-order valence-corrected chi connectivity index (χ0v) is 16.6. The van der Waals surface area contributed by atoms with E-state index in [9.17, 15) is 9.59 Å². The van der Waals surface area contributed by atoms with Crippen LogP contribution in [0, 0.1) is 0 Å². The first-order valence-corrected chi connectivity index (χ1v) is 10.3. The molecule has 1 heterocycles. The molecule has 1 amide bonds. The van der Waals surface area contributed by atoms with Crippen molar-refractivity contribution in [3.63, 3.8) is 0 Å². The number of hydrogen-bond donors (Lipinski definition) is 1. The van der Waals surface area contributed by atoms with Crippen molar-refractivity contribution in [1.29, 1.82) is 0 Å². The zero-order chi connectivity index (χ0) is 19.2. The highest BCUT2D eigenvalue weighted by molar-refractivity contribution is 7.17. The molecule has 2 aromatic rings. The van der Waals surface area contributed by atoms with Crippen LogP contribution in [-0.4, -0.2) is 24.6 Å². The fourth-order valence-corrected chi connectivity index (χ4v) is 4.53. The summed E-state index contributed by atoms with van der Waals surface area (Å²) < 4.78 is 11.1. The van der Waals surface area contributed by atoms with Crippen LogP contribution in [0.1, 0.15) is 53.9 Å². The molecule has 1 atom stereocenters. The maximum atomic E-state index is 12.8. The summed E-state index contributed by atoms with van der Waals surface area (Å²) in [6, 6.07) is 9.28. The Balaban J connectivity index is 1.82. The second kappa shape index (κ2) is 9.04. The maximum absolute atomic E-state index is 12.8. The smallest absolute Gasteiger partial charge is 0.341 e. The Kier molecular flexibility index (Phi) is 6.50. The molecular formula is C21H25NO4S. The van der Waals surface area contributed by atoms with Gasteiger partial charge in [0.1, 0.15) is 10.8 Å². The van der Waals surface area contributed by atoms with Crippen LogP contribution in [0.5, 0.6) is 5.75 Å². The molecular weight excluding hydrogens is 362 g/mol. The van der Waals surface area contributed by atoms with Crippen LogP contribution in [0.25, 0.3) is 0 Å². The van der Waals surface area contributed by atoms with Gasteiger partial charge in [0.05, 0.1) is 12.2 Å². The average molecular weight is 388 g/mol. The van der Waals surface area contributed by atoms with Crippen LogP contribution in [0.15, 0.2) is 30.3 Å². The van der Waals surface area contributed by atoms with Crippen molar-refractivity contribution in [3.05, 3.63) is 46.3 Å². The van der Waals surface area contributed by atoms with Crippen molar-refractivity contribution in [1.82, 2.24) is 0 Å². The minimum Gasteiger partial charge on any atom is -0.481 e. The highest BCUT2D eigenvalue weighted by Crippen LogP contribution is 2.38. The van der Waals surface area contributed by atoms with Gasteiger partial charge in [0.2, 0.25) is 0 Å². The predicted molar refractivity (Wildman–Crippen MR) is 107 cm³/mol. The number of aryl methyl sites for hydroxylation is 1. The van der Waals surface area contributed by atoms with Gasteiger partial charge in [-0.15, -0.1) is 11.3 Å². The van der Waals surface area contributed by atoms with Crippen LogP contribution in [0.2, 0.25) is 0 Å². The van der Waals surface area contributed by atoms with E-state index < -0.39 is 6.10 Å². The number of thiophene rings is 1. The van der Waals surface area contributed by atoms with Gasteiger partial charge in [-0.05, 0) is 56.7 Å². The molecule has 1 aromatic heterocycles. The monoisotopic (exact) mass is 387 g/mol. The van der Waals surface area contributed by atoms with Crippen molar-refractivity contribution in [2.75, 3.05) is 11.9 Å².